The molecular weight excluding hydrogens is 219 g/mol. The van der Waals surface area contributed by atoms with Gasteiger partial charge >= 0.3 is 0 Å². The number of hydrogen-bond acceptors (Lipinski definition) is 2. The molecule has 0 aliphatic carbocycles. The van der Waals surface area contributed by atoms with E-state index in [1.165, 1.54) is 12.1 Å². The number of nitrogens with two attached hydrogens (primary N) is 1. The van der Waals surface area contributed by atoms with Crippen molar-refractivity contribution in [3.05, 3.63) is 35.6 Å². The zero-order chi connectivity index (χ0) is 12.6. The fraction of sp³-hybridized carbons (Fsp3) is 0.462. The Kier molecular flexibility index (Phi) is 3.15. The number of carbonyl (C=O) groups excluding carboxylic acids is 1. The smallest absolute Gasteiger partial charge is 0.225 e. The molecule has 0 radical (unpaired) electrons. The molecule has 0 spiro atoms. The molecule has 3 nitrogen and oxygen atoms in total. The van der Waals surface area contributed by atoms with Crippen LogP contribution in [0.15, 0.2) is 24.3 Å². The van der Waals surface area contributed by atoms with Crippen molar-refractivity contribution in [3.8, 4) is 0 Å². The van der Waals surface area contributed by atoms with Crippen molar-refractivity contribution in [1.29, 1.82) is 0 Å². The van der Waals surface area contributed by atoms with Crippen LogP contribution >= 0.6 is 0 Å². The van der Waals surface area contributed by atoms with Crippen LogP contribution in [0.3, 0.4) is 0 Å². The average molecular weight is 236 g/mol. The maximum atomic E-state index is 12.9. The van der Waals surface area contributed by atoms with Crippen LogP contribution in [0.4, 0.5) is 4.39 Å². The monoisotopic (exact) mass is 236 g/mol. The van der Waals surface area contributed by atoms with Gasteiger partial charge in [0.05, 0.1) is 6.04 Å². The molecule has 4 heteroatoms. The number of halogens is 1. The average Bonchev–Trinajstić information content (AvgIpc) is 2.55. The predicted molar refractivity (Wildman–Crippen MR) is 63.7 cm³/mol. The van der Waals surface area contributed by atoms with Crippen molar-refractivity contribution in [2.24, 2.45) is 5.73 Å². The number of carbonyl (C=O) groups is 1. The van der Waals surface area contributed by atoms with E-state index in [4.69, 9.17) is 5.73 Å². The molecule has 2 atom stereocenters. The Bertz CT molecular complexity index is 416. The quantitative estimate of drug-likeness (QED) is 0.851. The first-order valence-corrected chi connectivity index (χ1v) is 5.83. The summed E-state index contributed by atoms with van der Waals surface area (Å²) in [6.07, 6.45) is 0.361. The lowest BCUT2D eigenvalue weighted by atomic mass is 10.00. The molecule has 1 heterocycles. The van der Waals surface area contributed by atoms with Crippen molar-refractivity contribution in [3.63, 3.8) is 0 Å². The fourth-order valence-corrected chi connectivity index (χ4v) is 2.46. The van der Waals surface area contributed by atoms with Crippen molar-refractivity contribution in [2.45, 2.75) is 38.4 Å². The summed E-state index contributed by atoms with van der Waals surface area (Å²) in [7, 11) is 0. The molecule has 0 bridgehead atoms. The van der Waals surface area contributed by atoms with Crippen molar-refractivity contribution in [2.75, 3.05) is 0 Å². The summed E-state index contributed by atoms with van der Waals surface area (Å²) in [4.78, 5) is 13.6. The SMILES string of the molecule is CC(C)N1C(=O)CC(N)C1c1ccc(F)cc1. The van der Waals surface area contributed by atoms with Crippen LogP contribution in [0.2, 0.25) is 0 Å². The van der Waals surface area contributed by atoms with Gasteiger partial charge in [-0.05, 0) is 31.5 Å². The molecule has 92 valence electrons. The van der Waals surface area contributed by atoms with Gasteiger partial charge in [0.1, 0.15) is 5.82 Å². The Balaban J connectivity index is 2.34. The molecule has 2 N–H and O–H groups in total. The van der Waals surface area contributed by atoms with Crippen LogP contribution in [0, 0.1) is 5.82 Å². The first-order chi connectivity index (χ1) is 8.00. The van der Waals surface area contributed by atoms with Gasteiger partial charge in [-0.25, -0.2) is 4.39 Å². The summed E-state index contributed by atoms with van der Waals surface area (Å²) in [5.74, 6) is -0.204. The van der Waals surface area contributed by atoms with Crippen molar-refractivity contribution < 1.29 is 9.18 Å². The zero-order valence-electron chi connectivity index (χ0n) is 10.1. The second-order valence-electron chi connectivity index (χ2n) is 4.76. The lowest BCUT2D eigenvalue weighted by Crippen LogP contribution is -2.37. The van der Waals surface area contributed by atoms with Gasteiger partial charge < -0.3 is 10.6 Å². The van der Waals surface area contributed by atoms with Crippen LogP contribution in [-0.2, 0) is 4.79 Å². The van der Waals surface area contributed by atoms with Crippen LogP contribution in [0.5, 0.6) is 0 Å². The van der Waals surface area contributed by atoms with Gasteiger partial charge in [0, 0.05) is 18.5 Å². The maximum absolute atomic E-state index is 12.9. The molecule has 1 aliphatic heterocycles. The van der Waals surface area contributed by atoms with Crippen molar-refractivity contribution in [1.82, 2.24) is 4.90 Å². The molecule has 2 unspecified atom stereocenters. The van der Waals surface area contributed by atoms with Gasteiger partial charge in [0.15, 0.2) is 0 Å². The van der Waals surface area contributed by atoms with Gasteiger partial charge in [0.25, 0.3) is 0 Å². The molecule has 17 heavy (non-hydrogen) atoms. The van der Waals surface area contributed by atoms with Gasteiger partial charge in [0.2, 0.25) is 5.91 Å². The molecule has 1 saturated heterocycles. The second kappa shape index (κ2) is 4.45. The summed E-state index contributed by atoms with van der Waals surface area (Å²) in [5, 5.41) is 0. The summed E-state index contributed by atoms with van der Waals surface area (Å²) in [6, 6.07) is 5.97. The van der Waals surface area contributed by atoms with Gasteiger partial charge in [-0.1, -0.05) is 12.1 Å². The number of hydrogen-bond donors (Lipinski definition) is 1. The number of likely N-dealkylation sites (tertiary alicyclic amines) is 1. The predicted octanol–water partition coefficient (Wildman–Crippen LogP) is 1.83. The number of benzene rings is 1. The Hall–Kier alpha value is -1.42. The highest BCUT2D eigenvalue weighted by Crippen LogP contribution is 2.33. The zero-order valence-corrected chi connectivity index (χ0v) is 10.1. The molecule has 1 aromatic carbocycles. The normalized spacial score (nSPS) is 24.8. The Morgan fingerprint density at radius 1 is 1.35 bits per heavy atom. The molecule has 1 fully saturated rings. The topological polar surface area (TPSA) is 46.3 Å². The van der Waals surface area contributed by atoms with E-state index in [1.807, 2.05) is 13.8 Å². The minimum Gasteiger partial charge on any atom is -0.332 e. The van der Waals surface area contributed by atoms with E-state index in [0.29, 0.717) is 6.42 Å². The molecular formula is C13H17FN2O. The van der Waals surface area contributed by atoms with Gasteiger partial charge in [-0.2, -0.15) is 0 Å². The number of nitrogens with zero attached hydrogens (tertiary/aromatic N) is 1. The summed E-state index contributed by atoms with van der Waals surface area (Å²) in [6.45, 7) is 3.93. The van der Waals surface area contributed by atoms with E-state index in [2.05, 4.69) is 0 Å². The molecule has 1 aliphatic rings. The van der Waals surface area contributed by atoms with E-state index < -0.39 is 0 Å². The van der Waals surface area contributed by atoms with E-state index in [0.717, 1.165) is 5.56 Å². The fourth-order valence-electron chi connectivity index (χ4n) is 2.46. The van der Waals surface area contributed by atoms with E-state index in [1.54, 1.807) is 17.0 Å². The third-order valence-electron chi connectivity index (χ3n) is 3.17. The molecule has 0 aromatic heterocycles. The molecule has 1 amide bonds. The minimum absolute atomic E-state index is 0.0711. The van der Waals surface area contributed by atoms with Crippen molar-refractivity contribution >= 4 is 5.91 Å². The summed E-state index contributed by atoms with van der Waals surface area (Å²) in [5.41, 5.74) is 6.91. The minimum atomic E-state index is -0.275. The highest BCUT2D eigenvalue weighted by atomic mass is 19.1. The lowest BCUT2D eigenvalue weighted by Gasteiger charge is -2.30. The van der Waals surface area contributed by atoms with Crippen LogP contribution in [0.25, 0.3) is 0 Å². The van der Waals surface area contributed by atoms with Crippen LogP contribution in [0.1, 0.15) is 31.9 Å². The summed E-state index contributed by atoms with van der Waals surface area (Å²) < 4.78 is 12.9. The lowest BCUT2D eigenvalue weighted by molar-refractivity contribution is -0.130. The third-order valence-corrected chi connectivity index (χ3v) is 3.17. The van der Waals surface area contributed by atoms with E-state index in [9.17, 15) is 9.18 Å². The highest BCUT2D eigenvalue weighted by Gasteiger charge is 2.39. The highest BCUT2D eigenvalue weighted by molar-refractivity contribution is 5.80. The Morgan fingerprint density at radius 2 is 1.94 bits per heavy atom. The van der Waals surface area contributed by atoms with Gasteiger partial charge in [-0.15, -0.1) is 0 Å². The van der Waals surface area contributed by atoms with Crippen LogP contribution < -0.4 is 5.73 Å². The van der Waals surface area contributed by atoms with E-state index >= 15 is 0 Å². The molecule has 0 saturated carbocycles. The standard InChI is InChI=1S/C13H17FN2O/c1-8(2)16-12(17)7-11(15)13(16)9-3-5-10(14)6-4-9/h3-6,8,11,13H,7,15H2,1-2H3. The first kappa shape index (κ1) is 12.0. The van der Waals surface area contributed by atoms with Crippen LogP contribution in [-0.4, -0.2) is 22.9 Å². The number of rotatable bonds is 2. The largest absolute Gasteiger partial charge is 0.332 e. The Morgan fingerprint density at radius 3 is 2.47 bits per heavy atom. The Labute approximate surface area is 100 Å². The second-order valence-corrected chi connectivity index (χ2v) is 4.76. The maximum Gasteiger partial charge on any atom is 0.225 e. The van der Waals surface area contributed by atoms with Gasteiger partial charge in [-0.3, -0.25) is 4.79 Å². The third kappa shape index (κ3) is 2.17. The summed E-state index contributed by atoms with van der Waals surface area (Å²) >= 11 is 0. The first-order valence-electron chi connectivity index (χ1n) is 5.83. The molecule has 2 rings (SSSR count). The number of amides is 1. The molecule has 1 aromatic rings. The van der Waals surface area contributed by atoms with E-state index in [-0.39, 0.29) is 29.8 Å².